The predicted molar refractivity (Wildman–Crippen MR) is 132 cm³/mol. The fourth-order valence-corrected chi connectivity index (χ4v) is 5.07. The average Bonchev–Trinajstić information content (AvgIpc) is 3.22. The van der Waals surface area contributed by atoms with E-state index < -0.39 is 11.6 Å². The van der Waals surface area contributed by atoms with Gasteiger partial charge in [0.15, 0.2) is 5.13 Å². The first-order chi connectivity index (χ1) is 16.2. The monoisotopic (exact) mass is 497 g/mol. The van der Waals surface area contributed by atoms with E-state index in [0.717, 1.165) is 21.7 Å². The van der Waals surface area contributed by atoms with Crippen LogP contribution in [0.4, 0.5) is 9.93 Å². The number of carbonyl (C=O) groups excluding carboxylic acids is 1. The molecule has 34 heavy (non-hydrogen) atoms. The van der Waals surface area contributed by atoms with Gasteiger partial charge in [-0.05, 0) is 50.6 Å². The first-order valence-corrected chi connectivity index (χ1v) is 11.9. The molecule has 1 aliphatic heterocycles. The second kappa shape index (κ2) is 9.68. The number of aliphatic hydroxyl groups is 1. The van der Waals surface area contributed by atoms with Gasteiger partial charge >= 0.3 is 6.03 Å². The predicted octanol–water partition coefficient (Wildman–Crippen LogP) is 4.71. The van der Waals surface area contributed by atoms with Gasteiger partial charge in [0.2, 0.25) is 0 Å². The van der Waals surface area contributed by atoms with Crippen molar-refractivity contribution in [3.8, 4) is 27.8 Å². The summed E-state index contributed by atoms with van der Waals surface area (Å²) in [7, 11) is 0. The summed E-state index contributed by atoms with van der Waals surface area (Å²) in [6, 6.07) is 12.1. The van der Waals surface area contributed by atoms with E-state index in [0.29, 0.717) is 34.7 Å². The number of carbonyl (C=O) groups is 1. The Labute approximate surface area is 206 Å². The van der Waals surface area contributed by atoms with Crippen molar-refractivity contribution < 1.29 is 14.6 Å². The number of rotatable bonds is 4. The third-order valence-electron chi connectivity index (χ3n) is 5.50. The van der Waals surface area contributed by atoms with Gasteiger partial charge in [0.25, 0.3) is 0 Å². The Hall–Kier alpha value is -3.03. The van der Waals surface area contributed by atoms with Crippen molar-refractivity contribution in [3.05, 3.63) is 52.8 Å². The number of benzene rings is 1. The highest BCUT2D eigenvalue weighted by atomic mass is 35.5. The van der Waals surface area contributed by atoms with Crippen molar-refractivity contribution in [1.82, 2.24) is 14.9 Å². The summed E-state index contributed by atoms with van der Waals surface area (Å²) < 4.78 is 5.48. The standard InChI is InChI=1S/C24H24ClN5O3S/c1-14-9-17(11-19(25)27-14)21-20(16-6-4-5-15(10-16)12-26)28-22(34-21)29-23(31)30-7-8-33-13-18(30)24(2,3)32/h4-6,9-11,18,32H,7-8,13H2,1-3H3,(H,28,29,31). The third kappa shape index (κ3) is 5.21. The Bertz CT molecular complexity index is 1240. The fraction of sp³-hybridized carbons (Fsp3) is 0.333. The van der Waals surface area contributed by atoms with Gasteiger partial charge in [-0.1, -0.05) is 35.1 Å². The molecule has 0 spiro atoms. The molecule has 176 valence electrons. The summed E-state index contributed by atoms with van der Waals surface area (Å²) >= 11 is 7.52. The van der Waals surface area contributed by atoms with Crippen LogP contribution in [0, 0.1) is 18.3 Å². The second-order valence-corrected chi connectivity index (χ2v) is 9.96. The van der Waals surface area contributed by atoms with E-state index in [2.05, 4.69) is 16.4 Å². The molecule has 3 aromatic rings. The second-order valence-electron chi connectivity index (χ2n) is 8.58. The molecule has 2 aromatic heterocycles. The van der Waals surface area contributed by atoms with Crippen LogP contribution in [0.25, 0.3) is 21.7 Å². The summed E-state index contributed by atoms with van der Waals surface area (Å²) in [6.07, 6.45) is 0. The minimum absolute atomic E-state index is 0.251. The van der Waals surface area contributed by atoms with E-state index in [1.807, 2.05) is 19.1 Å². The molecule has 2 N–H and O–H groups in total. The zero-order chi connectivity index (χ0) is 24.5. The largest absolute Gasteiger partial charge is 0.388 e. The van der Waals surface area contributed by atoms with Crippen LogP contribution in [0.2, 0.25) is 5.15 Å². The number of hydrogen-bond donors (Lipinski definition) is 2. The van der Waals surface area contributed by atoms with Crippen LogP contribution in [-0.2, 0) is 4.74 Å². The lowest BCUT2D eigenvalue weighted by atomic mass is 9.97. The number of morpholine rings is 1. The topological polar surface area (TPSA) is 111 Å². The SMILES string of the molecule is Cc1cc(-c2sc(NC(=O)N3CCOCC3C(C)(C)O)nc2-c2cccc(C#N)c2)cc(Cl)n1. The summed E-state index contributed by atoms with van der Waals surface area (Å²) in [6.45, 7) is 6.16. The molecule has 0 saturated carbocycles. The van der Waals surface area contributed by atoms with Gasteiger partial charge in [-0.3, -0.25) is 5.32 Å². The third-order valence-corrected chi connectivity index (χ3v) is 6.71. The van der Waals surface area contributed by atoms with E-state index in [1.54, 1.807) is 43.0 Å². The quantitative estimate of drug-likeness (QED) is 0.505. The molecule has 1 saturated heterocycles. The number of ether oxygens (including phenoxy) is 1. The number of hydrogen-bond acceptors (Lipinski definition) is 7. The maximum absolute atomic E-state index is 13.2. The molecule has 1 aliphatic rings. The first kappa shape index (κ1) is 24.1. The molecule has 3 heterocycles. The van der Waals surface area contributed by atoms with Gasteiger partial charge in [-0.2, -0.15) is 5.26 Å². The maximum atomic E-state index is 13.2. The number of nitrogens with one attached hydrogen (secondary N) is 1. The average molecular weight is 498 g/mol. The minimum atomic E-state index is -1.12. The number of nitrogens with zero attached hydrogens (tertiary/aromatic N) is 4. The van der Waals surface area contributed by atoms with E-state index in [4.69, 9.17) is 21.3 Å². The summed E-state index contributed by atoms with van der Waals surface area (Å²) in [5.41, 5.74) is 2.32. The molecule has 1 fully saturated rings. The molecular weight excluding hydrogens is 474 g/mol. The normalized spacial score (nSPS) is 16.2. The molecule has 1 unspecified atom stereocenters. The molecule has 1 atom stereocenters. The van der Waals surface area contributed by atoms with Crippen molar-refractivity contribution in [3.63, 3.8) is 0 Å². The molecule has 0 radical (unpaired) electrons. The number of urea groups is 1. The lowest BCUT2D eigenvalue weighted by molar-refractivity contribution is -0.0760. The number of aromatic nitrogens is 2. The van der Waals surface area contributed by atoms with Crippen molar-refractivity contribution >= 4 is 34.1 Å². The van der Waals surface area contributed by atoms with Crippen LogP contribution in [0.1, 0.15) is 25.1 Å². The summed E-state index contributed by atoms with van der Waals surface area (Å²) in [4.78, 5) is 24.5. The highest BCUT2D eigenvalue weighted by Gasteiger charge is 2.38. The van der Waals surface area contributed by atoms with Crippen molar-refractivity contribution in [2.75, 3.05) is 25.1 Å². The van der Waals surface area contributed by atoms with E-state index in [9.17, 15) is 15.2 Å². The van der Waals surface area contributed by atoms with Crippen LogP contribution in [-0.4, -0.2) is 57.4 Å². The zero-order valence-electron chi connectivity index (χ0n) is 19.0. The number of nitriles is 1. The first-order valence-electron chi connectivity index (χ1n) is 10.7. The smallest absolute Gasteiger partial charge is 0.324 e. The van der Waals surface area contributed by atoms with Crippen molar-refractivity contribution in [1.29, 1.82) is 5.26 Å². The molecule has 1 aromatic carbocycles. The lowest BCUT2D eigenvalue weighted by Gasteiger charge is -2.41. The van der Waals surface area contributed by atoms with E-state index in [-0.39, 0.29) is 12.6 Å². The molecule has 4 rings (SSSR count). The molecule has 0 aliphatic carbocycles. The van der Waals surface area contributed by atoms with Crippen LogP contribution in [0.3, 0.4) is 0 Å². The van der Waals surface area contributed by atoms with Crippen LogP contribution in [0.15, 0.2) is 36.4 Å². The number of amides is 2. The summed E-state index contributed by atoms with van der Waals surface area (Å²) in [5.74, 6) is 0. The van der Waals surface area contributed by atoms with Gasteiger partial charge in [0, 0.05) is 17.8 Å². The Kier molecular flexibility index (Phi) is 6.86. The van der Waals surface area contributed by atoms with Crippen molar-refractivity contribution in [2.24, 2.45) is 0 Å². The van der Waals surface area contributed by atoms with Gasteiger partial charge < -0.3 is 14.7 Å². The van der Waals surface area contributed by atoms with E-state index in [1.165, 1.54) is 11.3 Å². The molecule has 2 amide bonds. The Morgan fingerprint density at radius 1 is 1.32 bits per heavy atom. The Morgan fingerprint density at radius 3 is 2.82 bits per heavy atom. The Morgan fingerprint density at radius 2 is 2.12 bits per heavy atom. The highest BCUT2D eigenvalue weighted by molar-refractivity contribution is 7.19. The maximum Gasteiger partial charge on any atom is 0.324 e. The van der Waals surface area contributed by atoms with Crippen LogP contribution < -0.4 is 5.32 Å². The molecule has 8 nitrogen and oxygen atoms in total. The zero-order valence-corrected chi connectivity index (χ0v) is 20.6. The van der Waals surface area contributed by atoms with Gasteiger partial charge in [0.05, 0.1) is 47.1 Å². The molecular formula is C24H24ClN5O3S. The number of thiazole rings is 1. The number of halogens is 1. The minimum Gasteiger partial charge on any atom is -0.388 e. The fourth-order valence-electron chi connectivity index (χ4n) is 3.86. The van der Waals surface area contributed by atoms with Crippen LogP contribution in [0.5, 0.6) is 0 Å². The molecule has 10 heteroatoms. The highest BCUT2D eigenvalue weighted by Crippen LogP contribution is 2.40. The van der Waals surface area contributed by atoms with Gasteiger partial charge in [-0.15, -0.1) is 0 Å². The van der Waals surface area contributed by atoms with Crippen LogP contribution >= 0.6 is 22.9 Å². The van der Waals surface area contributed by atoms with Gasteiger partial charge in [-0.25, -0.2) is 14.8 Å². The number of pyridine rings is 1. The van der Waals surface area contributed by atoms with Gasteiger partial charge in [0.1, 0.15) is 5.15 Å². The number of aryl methyl sites for hydroxylation is 1. The Balaban J connectivity index is 1.73. The van der Waals surface area contributed by atoms with Crippen molar-refractivity contribution in [2.45, 2.75) is 32.4 Å². The summed E-state index contributed by atoms with van der Waals surface area (Å²) in [5, 5.41) is 23.5. The van der Waals surface area contributed by atoms with E-state index >= 15 is 0 Å². The molecule has 0 bridgehead atoms. The number of anilines is 1. The lowest BCUT2D eigenvalue weighted by Crippen LogP contribution is -2.59.